The number of rotatable bonds is 4. The van der Waals surface area contributed by atoms with Gasteiger partial charge < -0.3 is 15.0 Å². The largest absolute Gasteiger partial charge is 0.444 e. The second-order valence-electron chi connectivity index (χ2n) is 7.27. The molecule has 1 N–H and O–H groups in total. The third-order valence-electron chi connectivity index (χ3n) is 4.13. The average molecular weight is 331 g/mol. The monoisotopic (exact) mass is 330 g/mol. The number of carbonyl (C=O) groups excluding carboxylic acids is 2. The van der Waals surface area contributed by atoms with Crippen LogP contribution in [0.5, 0.6) is 0 Å². The average Bonchev–Trinajstić information content (AvgIpc) is 3.23. The molecular weight excluding hydrogens is 304 g/mol. The predicted octanol–water partition coefficient (Wildman–Crippen LogP) is 3.05. The molecule has 0 aliphatic heterocycles. The fourth-order valence-corrected chi connectivity index (χ4v) is 3.29. The summed E-state index contributed by atoms with van der Waals surface area (Å²) < 4.78 is 5.35. The van der Waals surface area contributed by atoms with Gasteiger partial charge in [-0.05, 0) is 46.5 Å². The van der Waals surface area contributed by atoms with E-state index in [4.69, 9.17) is 16.3 Å². The summed E-state index contributed by atoms with van der Waals surface area (Å²) in [4.78, 5) is 26.2. The molecule has 0 aromatic heterocycles. The number of halogens is 1. The molecule has 2 saturated carbocycles. The van der Waals surface area contributed by atoms with Crippen molar-refractivity contribution in [1.29, 1.82) is 0 Å². The number of alkyl carbamates (subject to hydrolysis) is 1. The maximum absolute atomic E-state index is 12.2. The van der Waals surface area contributed by atoms with Gasteiger partial charge in [0.1, 0.15) is 11.5 Å². The molecule has 0 radical (unpaired) electrons. The van der Waals surface area contributed by atoms with Crippen LogP contribution in [0.4, 0.5) is 4.79 Å². The SMILES string of the molecule is CC(C)(C)OC(=O)N[C@H]1CCCC[C@@H]1N(C(=O)CCl)C1CC1. The highest BCUT2D eigenvalue weighted by molar-refractivity contribution is 6.27. The zero-order valence-corrected chi connectivity index (χ0v) is 14.5. The number of amides is 2. The quantitative estimate of drug-likeness (QED) is 0.806. The van der Waals surface area contributed by atoms with Crippen LogP contribution in [0.2, 0.25) is 0 Å². The Labute approximate surface area is 137 Å². The Kier molecular flexibility index (Phi) is 5.59. The first-order valence-corrected chi connectivity index (χ1v) is 8.72. The van der Waals surface area contributed by atoms with E-state index in [0.717, 1.165) is 38.5 Å². The van der Waals surface area contributed by atoms with Gasteiger partial charge in [-0.1, -0.05) is 12.8 Å². The lowest BCUT2D eigenvalue weighted by Crippen LogP contribution is -2.56. The van der Waals surface area contributed by atoms with Gasteiger partial charge in [0.05, 0.1) is 12.1 Å². The Morgan fingerprint density at radius 1 is 1.18 bits per heavy atom. The van der Waals surface area contributed by atoms with Crippen molar-refractivity contribution in [2.75, 3.05) is 5.88 Å². The lowest BCUT2D eigenvalue weighted by Gasteiger charge is -2.40. The van der Waals surface area contributed by atoms with Crippen LogP contribution in [0.25, 0.3) is 0 Å². The molecule has 0 saturated heterocycles. The molecule has 2 amide bonds. The Morgan fingerprint density at radius 2 is 1.82 bits per heavy atom. The van der Waals surface area contributed by atoms with Gasteiger partial charge in [0, 0.05) is 6.04 Å². The van der Waals surface area contributed by atoms with Crippen molar-refractivity contribution in [2.45, 2.75) is 83.0 Å². The van der Waals surface area contributed by atoms with Crippen LogP contribution in [0, 0.1) is 0 Å². The number of hydrogen-bond donors (Lipinski definition) is 1. The van der Waals surface area contributed by atoms with Crippen molar-refractivity contribution in [3.63, 3.8) is 0 Å². The predicted molar refractivity (Wildman–Crippen MR) is 86.0 cm³/mol. The van der Waals surface area contributed by atoms with E-state index in [2.05, 4.69) is 5.32 Å². The van der Waals surface area contributed by atoms with Crippen LogP contribution in [0.15, 0.2) is 0 Å². The van der Waals surface area contributed by atoms with E-state index < -0.39 is 11.7 Å². The molecule has 126 valence electrons. The first-order valence-electron chi connectivity index (χ1n) is 8.18. The molecule has 0 aromatic rings. The van der Waals surface area contributed by atoms with Gasteiger partial charge in [-0.2, -0.15) is 0 Å². The van der Waals surface area contributed by atoms with Gasteiger partial charge in [-0.15, -0.1) is 11.6 Å². The highest BCUT2D eigenvalue weighted by atomic mass is 35.5. The van der Waals surface area contributed by atoms with Crippen molar-refractivity contribution in [3.8, 4) is 0 Å². The molecule has 0 spiro atoms. The Morgan fingerprint density at radius 3 is 2.36 bits per heavy atom. The molecular formula is C16H27ClN2O3. The fraction of sp³-hybridized carbons (Fsp3) is 0.875. The highest BCUT2D eigenvalue weighted by Gasteiger charge is 2.41. The van der Waals surface area contributed by atoms with Crippen LogP contribution >= 0.6 is 11.6 Å². The lowest BCUT2D eigenvalue weighted by molar-refractivity contribution is -0.132. The summed E-state index contributed by atoms with van der Waals surface area (Å²) in [6.07, 6.45) is 5.61. The zero-order chi connectivity index (χ0) is 16.3. The summed E-state index contributed by atoms with van der Waals surface area (Å²) in [5.74, 6) is -0.0151. The molecule has 2 aliphatic rings. The van der Waals surface area contributed by atoms with Crippen LogP contribution in [-0.4, -0.2) is 46.5 Å². The number of alkyl halides is 1. The Balaban J connectivity index is 2.03. The molecule has 0 aromatic carbocycles. The van der Waals surface area contributed by atoms with Gasteiger partial charge in [-0.3, -0.25) is 4.79 Å². The maximum Gasteiger partial charge on any atom is 0.407 e. The van der Waals surface area contributed by atoms with E-state index in [-0.39, 0.29) is 23.9 Å². The van der Waals surface area contributed by atoms with E-state index in [9.17, 15) is 9.59 Å². The van der Waals surface area contributed by atoms with Crippen molar-refractivity contribution in [3.05, 3.63) is 0 Å². The number of nitrogens with one attached hydrogen (secondary N) is 1. The van der Waals surface area contributed by atoms with Gasteiger partial charge in [0.15, 0.2) is 0 Å². The van der Waals surface area contributed by atoms with Crippen molar-refractivity contribution in [1.82, 2.24) is 10.2 Å². The minimum atomic E-state index is -0.517. The summed E-state index contributed by atoms with van der Waals surface area (Å²) in [5.41, 5.74) is -0.517. The number of ether oxygens (including phenoxy) is 1. The fourth-order valence-electron chi connectivity index (χ4n) is 3.15. The summed E-state index contributed by atoms with van der Waals surface area (Å²) in [6, 6.07) is 0.300. The van der Waals surface area contributed by atoms with Crippen molar-refractivity contribution >= 4 is 23.6 Å². The third-order valence-corrected chi connectivity index (χ3v) is 4.36. The van der Waals surface area contributed by atoms with Crippen LogP contribution in [0.3, 0.4) is 0 Å². The summed E-state index contributed by atoms with van der Waals surface area (Å²) in [5, 5.41) is 2.97. The second kappa shape index (κ2) is 7.07. The van der Waals surface area contributed by atoms with Gasteiger partial charge in [-0.25, -0.2) is 4.79 Å². The molecule has 2 rings (SSSR count). The number of carbonyl (C=O) groups is 2. The molecule has 6 heteroatoms. The minimum Gasteiger partial charge on any atom is -0.444 e. The van der Waals surface area contributed by atoms with E-state index in [1.54, 1.807) is 0 Å². The standard InChI is InChI=1S/C16H27ClN2O3/c1-16(2,3)22-15(21)18-12-6-4-5-7-13(12)19(11-8-9-11)14(20)10-17/h11-13H,4-10H2,1-3H3,(H,18,21)/t12-,13-/m0/s1. The van der Waals surface area contributed by atoms with Crippen LogP contribution in [0.1, 0.15) is 59.3 Å². The molecule has 2 atom stereocenters. The van der Waals surface area contributed by atoms with Gasteiger partial charge in [0.25, 0.3) is 0 Å². The second-order valence-corrected chi connectivity index (χ2v) is 7.54. The van der Waals surface area contributed by atoms with Gasteiger partial charge in [0.2, 0.25) is 5.91 Å². The van der Waals surface area contributed by atoms with E-state index in [0.29, 0.717) is 6.04 Å². The smallest absolute Gasteiger partial charge is 0.407 e. The van der Waals surface area contributed by atoms with Crippen molar-refractivity contribution < 1.29 is 14.3 Å². The number of nitrogens with zero attached hydrogens (tertiary/aromatic N) is 1. The molecule has 5 nitrogen and oxygen atoms in total. The summed E-state index contributed by atoms with van der Waals surface area (Å²) >= 11 is 5.78. The normalized spacial score (nSPS) is 25.5. The third kappa shape index (κ3) is 4.77. The zero-order valence-electron chi connectivity index (χ0n) is 13.7. The Bertz CT molecular complexity index is 418. The van der Waals surface area contributed by atoms with E-state index in [1.807, 2.05) is 25.7 Å². The summed E-state index contributed by atoms with van der Waals surface area (Å²) in [7, 11) is 0. The highest BCUT2D eigenvalue weighted by Crippen LogP contribution is 2.34. The van der Waals surface area contributed by atoms with Gasteiger partial charge >= 0.3 is 6.09 Å². The molecule has 2 fully saturated rings. The summed E-state index contributed by atoms with van der Waals surface area (Å²) in [6.45, 7) is 5.54. The molecule has 0 bridgehead atoms. The number of hydrogen-bond acceptors (Lipinski definition) is 3. The maximum atomic E-state index is 12.2. The molecule has 22 heavy (non-hydrogen) atoms. The molecule has 0 unspecified atom stereocenters. The van der Waals surface area contributed by atoms with Crippen molar-refractivity contribution in [2.24, 2.45) is 0 Å². The van der Waals surface area contributed by atoms with Crippen LogP contribution < -0.4 is 5.32 Å². The molecule has 0 heterocycles. The Hall–Kier alpha value is -0.970. The van der Waals surface area contributed by atoms with E-state index in [1.165, 1.54) is 0 Å². The molecule has 2 aliphatic carbocycles. The lowest BCUT2D eigenvalue weighted by atomic mass is 9.89. The first-order chi connectivity index (χ1) is 10.3. The minimum absolute atomic E-state index is 0.00611. The van der Waals surface area contributed by atoms with Crippen LogP contribution in [-0.2, 0) is 9.53 Å². The van der Waals surface area contributed by atoms with E-state index >= 15 is 0 Å². The topological polar surface area (TPSA) is 58.6 Å². The first kappa shape index (κ1) is 17.4.